The second-order valence-electron chi connectivity index (χ2n) is 7.75. The fraction of sp³-hybridized carbons (Fsp3) is 0.0769. The predicted molar refractivity (Wildman–Crippen MR) is 123 cm³/mol. The van der Waals surface area contributed by atoms with Crippen LogP contribution >= 0.6 is 0 Å². The molecule has 3 aromatic carbocycles. The molecule has 6 nitrogen and oxygen atoms in total. The van der Waals surface area contributed by atoms with Crippen molar-refractivity contribution in [3.63, 3.8) is 0 Å². The van der Waals surface area contributed by atoms with E-state index in [-0.39, 0.29) is 0 Å². The van der Waals surface area contributed by atoms with Crippen LogP contribution < -0.4 is 5.62 Å². The lowest BCUT2D eigenvalue weighted by atomic mass is 10.0. The van der Waals surface area contributed by atoms with E-state index in [1.807, 2.05) is 61.0 Å². The summed E-state index contributed by atoms with van der Waals surface area (Å²) in [6.07, 6.45) is 1.78. The molecule has 0 aliphatic carbocycles. The predicted octanol–water partition coefficient (Wildman–Crippen LogP) is 4.72. The summed E-state index contributed by atoms with van der Waals surface area (Å²) in [5, 5.41) is 28.4. The molecule has 0 radical (unpaired) electrons. The zero-order valence-electron chi connectivity index (χ0n) is 17.6. The minimum Gasteiger partial charge on any atom is -0.312 e. The van der Waals surface area contributed by atoms with Gasteiger partial charge in [-0.2, -0.15) is 10.5 Å². The Hall–Kier alpha value is -4.68. The monoisotopic (exact) mass is 414 g/mol. The molecule has 2 heterocycles. The number of rotatable bonds is 2. The quantitative estimate of drug-likeness (QED) is 0.453. The van der Waals surface area contributed by atoms with Crippen molar-refractivity contribution in [3.8, 4) is 29.0 Å². The molecule has 0 amide bonds. The number of hydrogen-bond acceptors (Lipinski definition) is 4. The molecule has 0 atom stereocenters. The SMILES string of the molecule is Cc1ccc(C#N)cc1-n1c(=N)n(C)c2cnc3ccc(-c4cccc(C#N)c4)cc3c21. The van der Waals surface area contributed by atoms with E-state index in [0.717, 1.165) is 44.3 Å². The highest BCUT2D eigenvalue weighted by atomic mass is 15.2. The minimum absolute atomic E-state index is 0.296. The number of pyridine rings is 1. The number of fused-ring (bicyclic) bond motifs is 3. The molecule has 5 aromatic rings. The molecule has 2 aromatic heterocycles. The third-order valence-corrected chi connectivity index (χ3v) is 5.84. The highest BCUT2D eigenvalue weighted by Gasteiger charge is 2.17. The number of aromatic nitrogens is 3. The van der Waals surface area contributed by atoms with Gasteiger partial charge in [-0.05, 0) is 60.0 Å². The molecule has 0 unspecified atom stereocenters. The molecule has 0 saturated carbocycles. The highest BCUT2D eigenvalue weighted by Crippen LogP contribution is 2.30. The van der Waals surface area contributed by atoms with Crippen LogP contribution in [-0.2, 0) is 7.05 Å². The number of benzene rings is 3. The van der Waals surface area contributed by atoms with Gasteiger partial charge in [-0.3, -0.25) is 15.0 Å². The van der Waals surface area contributed by atoms with Gasteiger partial charge >= 0.3 is 0 Å². The summed E-state index contributed by atoms with van der Waals surface area (Å²) in [6.45, 7) is 1.98. The van der Waals surface area contributed by atoms with Crippen LogP contribution in [0.4, 0.5) is 0 Å². The van der Waals surface area contributed by atoms with Gasteiger partial charge in [-0.25, -0.2) is 0 Å². The van der Waals surface area contributed by atoms with E-state index < -0.39 is 0 Å². The van der Waals surface area contributed by atoms with Gasteiger partial charge in [-0.1, -0.05) is 24.3 Å². The molecule has 5 rings (SSSR count). The Morgan fingerprint density at radius 3 is 2.44 bits per heavy atom. The van der Waals surface area contributed by atoms with E-state index in [1.54, 1.807) is 22.9 Å². The second kappa shape index (κ2) is 7.23. The van der Waals surface area contributed by atoms with Gasteiger partial charge < -0.3 is 4.57 Å². The largest absolute Gasteiger partial charge is 0.312 e. The Morgan fingerprint density at radius 1 is 0.906 bits per heavy atom. The van der Waals surface area contributed by atoms with Gasteiger partial charge in [0.2, 0.25) is 5.62 Å². The molecular weight excluding hydrogens is 396 g/mol. The Morgan fingerprint density at radius 2 is 1.66 bits per heavy atom. The number of nitriles is 2. The van der Waals surface area contributed by atoms with Crippen molar-refractivity contribution in [2.24, 2.45) is 7.05 Å². The molecule has 0 aliphatic rings. The second-order valence-corrected chi connectivity index (χ2v) is 7.75. The van der Waals surface area contributed by atoms with Crippen LogP contribution in [0.25, 0.3) is 38.8 Å². The third-order valence-electron chi connectivity index (χ3n) is 5.84. The first kappa shape index (κ1) is 19.3. The topological polar surface area (TPSA) is 94.2 Å². The summed E-state index contributed by atoms with van der Waals surface area (Å²) in [5.74, 6) is 0. The fourth-order valence-corrected chi connectivity index (χ4v) is 4.12. The molecule has 0 fully saturated rings. The smallest absolute Gasteiger partial charge is 0.207 e. The van der Waals surface area contributed by atoms with E-state index in [2.05, 4.69) is 23.2 Å². The van der Waals surface area contributed by atoms with Gasteiger partial charge in [0.05, 0.1) is 51.7 Å². The average molecular weight is 414 g/mol. The van der Waals surface area contributed by atoms with Gasteiger partial charge in [0.25, 0.3) is 0 Å². The minimum atomic E-state index is 0.296. The summed E-state index contributed by atoms with van der Waals surface area (Å²) < 4.78 is 3.67. The van der Waals surface area contributed by atoms with Crippen LogP contribution in [0.5, 0.6) is 0 Å². The van der Waals surface area contributed by atoms with E-state index in [1.165, 1.54) is 0 Å². The molecule has 0 spiro atoms. The summed E-state index contributed by atoms with van der Waals surface area (Å²) in [7, 11) is 1.85. The average Bonchev–Trinajstić information content (AvgIpc) is 3.09. The molecule has 32 heavy (non-hydrogen) atoms. The fourth-order valence-electron chi connectivity index (χ4n) is 4.12. The van der Waals surface area contributed by atoms with Crippen LogP contribution in [0.1, 0.15) is 16.7 Å². The molecule has 0 saturated heterocycles. The van der Waals surface area contributed by atoms with Crippen LogP contribution in [0, 0.1) is 35.0 Å². The lowest BCUT2D eigenvalue weighted by Gasteiger charge is -2.11. The van der Waals surface area contributed by atoms with Crippen LogP contribution in [0.15, 0.2) is 66.9 Å². The number of imidazole rings is 1. The summed E-state index contributed by atoms with van der Waals surface area (Å²) in [4.78, 5) is 4.62. The van der Waals surface area contributed by atoms with E-state index in [0.29, 0.717) is 16.7 Å². The lowest BCUT2D eigenvalue weighted by Crippen LogP contribution is -2.21. The number of aryl methyl sites for hydroxylation is 2. The molecule has 1 N–H and O–H groups in total. The van der Waals surface area contributed by atoms with E-state index in [9.17, 15) is 10.5 Å². The molecular formula is C26H18N6. The maximum absolute atomic E-state index is 9.42. The molecule has 0 bridgehead atoms. The maximum Gasteiger partial charge on any atom is 0.207 e. The van der Waals surface area contributed by atoms with Crippen LogP contribution in [0.3, 0.4) is 0 Å². The summed E-state index contributed by atoms with van der Waals surface area (Å²) >= 11 is 0. The normalized spacial score (nSPS) is 10.9. The van der Waals surface area contributed by atoms with Crippen molar-refractivity contribution < 1.29 is 0 Å². The Bertz CT molecular complexity index is 1690. The lowest BCUT2D eigenvalue weighted by molar-refractivity contribution is 0.786. The maximum atomic E-state index is 9.42. The Balaban J connectivity index is 1.89. The standard InChI is InChI=1S/C26H18N6/c1-16-6-7-18(14-28)11-23(16)32-25-21-12-20(19-5-3-4-17(10-19)13-27)8-9-22(21)30-15-24(25)31(2)26(32)29/h3-12,15,29H,1-2H3. The highest BCUT2D eigenvalue weighted by molar-refractivity contribution is 6.04. The van der Waals surface area contributed by atoms with Crippen molar-refractivity contribution in [1.82, 2.24) is 14.1 Å². The van der Waals surface area contributed by atoms with Gasteiger partial charge in [0.1, 0.15) is 0 Å². The van der Waals surface area contributed by atoms with Crippen molar-refractivity contribution in [2.75, 3.05) is 0 Å². The Kier molecular flexibility index (Phi) is 4.36. The van der Waals surface area contributed by atoms with Crippen molar-refractivity contribution in [2.45, 2.75) is 6.92 Å². The van der Waals surface area contributed by atoms with E-state index in [4.69, 9.17) is 5.41 Å². The first-order valence-corrected chi connectivity index (χ1v) is 10.1. The molecule has 6 heteroatoms. The van der Waals surface area contributed by atoms with Crippen molar-refractivity contribution in [1.29, 1.82) is 15.9 Å². The van der Waals surface area contributed by atoms with E-state index >= 15 is 0 Å². The van der Waals surface area contributed by atoms with Crippen LogP contribution in [-0.4, -0.2) is 14.1 Å². The molecule has 0 aliphatic heterocycles. The zero-order valence-corrected chi connectivity index (χ0v) is 17.6. The van der Waals surface area contributed by atoms with Gasteiger partial charge in [0, 0.05) is 12.4 Å². The zero-order chi connectivity index (χ0) is 22.4. The number of nitrogens with zero attached hydrogens (tertiary/aromatic N) is 5. The Labute approximate surface area is 184 Å². The van der Waals surface area contributed by atoms with Crippen molar-refractivity contribution >= 4 is 21.9 Å². The van der Waals surface area contributed by atoms with Crippen LogP contribution in [0.2, 0.25) is 0 Å². The first-order chi connectivity index (χ1) is 15.5. The summed E-state index contributed by atoms with van der Waals surface area (Å²) in [6, 6.07) is 23.4. The third kappa shape index (κ3) is 2.86. The van der Waals surface area contributed by atoms with Crippen molar-refractivity contribution in [3.05, 3.63) is 89.2 Å². The number of nitrogens with one attached hydrogen (secondary N) is 1. The number of hydrogen-bond donors (Lipinski definition) is 1. The van der Waals surface area contributed by atoms with Gasteiger partial charge in [-0.15, -0.1) is 0 Å². The van der Waals surface area contributed by atoms with Gasteiger partial charge in [0.15, 0.2) is 0 Å². The first-order valence-electron chi connectivity index (χ1n) is 10.1. The summed E-state index contributed by atoms with van der Waals surface area (Å²) in [5.41, 5.74) is 7.61. The molecule has 152 valence electrons.